The first kappa shape index (κ1) is 16.6. The minimum Gasteiger partial charge on any atom is -0.406 e. The van der Waals surface area contributed by atoms with E-state index in [1.165, 1.54) is 25.3 Å². The molecule has 2 aliphatic rings. The summed E-state index contributed by atoms with van der Waals surface area (Å²) in [5.74, 6) is 0.741. The molecule has 130 valence electrons. The highest BCUT2D eigenvalue weighted by Crippen LogP contribution is 2.30. The zero-order chi connectivity index (χ0) is 17.2. The van der Waals surface area contributed by atoms with Gasteiger partial charge in [-0.15, -0.1) is 13.2 Å². The van der Waals surface area contributed by atoms with E-state index in [1.807, 2.05) is 0 Å². The molecule has 1 spiro atoms. The molecule has 2 N–H and O–H groups in total. The smallest absolute Gasteiger partial charge is 0.406 e. The van der Waals surface area contributed by atoms with Gasteiger partial charge in [-0.25, -0.2) is 0 Å². The maximum Gasteiger partial charge on any atom is 0.573 e. The van der Waals surface area contributed by atoms with Crippen LogP contribution in [0.1, 0.15) is 18.4 Å². The van der Waals surface area contributed by atoms with Crippen molar-refractivity contribution in [3.8, 4) is 5.75 Å². The van der Waals surface area contributed by atoms with Gasteiger partial charge in [-0.05, 0) is 38.1 Å². The topological polar surface area (TPSA) is 67.2 Å². The van der Waals surface area contributed by atoms with Crippen LogP contribution in [0.15, 0.2) is 34.4 Å². The van der Waals surface area contributed by atoms with E-state index in [1.54, 1.807) is 6.07 Å². The quantitative estimate of drug-likeness (QED) is 0.825. The van der Waals surface area contributed by atoms with Gasteiger partial charge in [0.15, 0.2) is 5.84 Å². The van der Waals surface area contributed by atoms with E-state index in [0.29, 0.717) is 17.2 Å². The van der Waals surface area contributed by atoms with Crippen LogP contribution in [0.25, 0.3) is 0 Å². The predicted molar refractivity (Wildman–Crippen MR) is 82.1 cm³/mol. The van der Waals surface area contributed by atoms with Crippen LogP contribution in [0, 0.1) is 0 Å². The van der Waals surface area contributed by atoms with Crippen LogP contribution < -0.4 is 15.4 Å². The van der Waals surface area contributed by atoms with Gasteiger partial charge in [0.25, 0.3) is 0 Å². The third kappa shape index (κ3) is 3.45. The Morgan fingerprint density at radius 3 is 2.67 bits per heavy atom. The number of hydrogen-bond acceptors (Lipinski definition) is 5. The van der Waals surface area contributed by atoms with E-state index in [0.717, 1.165) is 25.9 Å². The number of rotatable bonds is 3. The highest BCUT2D eigenvalue weighted by atomic mass is 19.4. The average molecular weight is 342 g/mol. The third-order valence-corrected chi connectivity index (χ3v) is 3.96. The van der Waals surface area contributed by atoms with E-state index in [2.05, 4.69) is 20.5 Å². The second-order valence-corrected chi connectivity index (χ2v) is 5.57. The fourth-order valence-electron chi connectivity index (χ4n) is 2.89. The number of hydrogen-bond donors (Lipinski definition) is 2. The highest BCUT2D eigenvalue weighted by Gasteiger charge is 2.43. The van der Waals surface area contributed by atoms with Crippen LogP contribution in [-0.4, -0.2) is 43.8 Å². The fourth-order valence-corrected chi connectivity index (χ4v) is 2.89. The Hall–Kier alpha value is -2.29. The summed E-state index contributed by atoms with van der Waals surface area (Å²) in [7, 11) is 1.44. The Kier molecular flexibility index (Phi) is 4.35. The van der Waals surface area contributed by atoms with Gasteiger partial charge in [0.2, 0.25) is 0 Å². The standard InChI is InChI=1S/C15H17F3N4O2/c1-23-22-13-14(5-7-19-8-6-14)21-12(20-13)10-3-2-4-11(9-10)24-15(16,17)18/h2-4,9,19H,5-8H2,1H3,(H,20,21,22). The van der Waals surface area contributed by atoms with Gasteiger partial charge in [0.05, 0.1) is 0 Å². The van der Waals surface area contributed by atoms with Gasteiger partial charge in [0.1, 0.15) is 24.2 Å². The van der Waals surface area contributed by atoms with Crippen molar-refractivity contribution in [3.63, 3.8) is 0 Å². The van der Waals surface area contributed by atoms with Crippen LogP contribution in [0.2, 0.25) is 0 Å². The largest absolute Gasteiger partial charge is 0.573 e. The van der Waals surface area contributed by atoms with Crippen molar-refractivity contribution in [1.29, 1.82) is 0 Å². The van der Waals surface area contributed by atoms with Crippen molar-refractivity contribution in [2.45, 2.75) is 24.7 Å². The van der Waals surface area contributed by atoms with Gasteiger partial charge < -0.3 is 20.2 Å². The number of aliphatic imine (C=N–C) groups is 1. The number of piperidine rings is 1. The highest BCUT2D eigenvalue weighted by molar-refractivity contribution is 6.17. The van der Waals surface area contributed by atoms with Crippen molar-refractivity contribution in [2.24, 2.45) is 10.1 Å². The lowest BCUT2D eigenvalue weighted by Crippen LogP contribution is -2.47. The van der Waals surface area contributed by atoms with E-state index >= 15 is 0 Å². The summed E-state index contributed by atoms with van der Waals surface area (Å²) < 4.78 is 41.1. The van der Waals surface area contributed by atoms with Crippen molar-refractivity contribution in [1.82, 2.24) is 10.6 Å². The maximum absolute atomic E-state index is 12.4. The van der Waals surface area contributed by atoms with Crippen molar-refractivity contribution in [2.75, 3.05) is 20.2 Å². The first-order chi connectivity index (χ1) is 11.4. The number of amidine groups is 2. The van der Waals surface area contributed by atoms with Crippen molar-refractivity contribution >= 4 is 11.7 Å². The molecule has 0 unspecified atom stereocenters. The molecule has 0 bridgehead atoms. The molecule has 9 heteroatoms. The number of oxime groups is 1. The maximum atomic E-state index is 12.4. The summed E-state index contributed by atoms with van der Waals surface area (Å²) in [6, 6.07) is 5.70. The zero-order valence-corrected chi connectivity index (χ0v) is 13.0. The second kappa shape index (κ2) is 6.31. The molecule has 1 aromatic carbocycles. The van der Waals surface area contributed by atoms with Crippen LogP contribution >= 0.6 is 0 Å². The predicted octanol–water partition coefficient (Wildman–Crippen LogP) is 2.02. The normalized spacial score (nSPS) is 21.5. The summed E-state index contributed by atoms with van der Waals surface area (Å²) in [5, 5.41) is 10.3. The SMILES string of the molecule is CO/N=C1\NC(c2cccc(OC(F)(F)F)c2)=NC12CCNCC2. The number of halogens is 3. The van der Waals surface area contributed by atoms with E-state index in [9.17, 15) is 13.2 Å². The number of alkyl halides is 3. The third-order valence-electron chi connectivity index (χ3n) is 3.96. The Balaban J connectivity index is 1.91. The molecule has 1 aromatic rings. The van der Waals surface area contributed by atoms with Crippen LogP contribution in [-0.2, 0) is 4.84 Å². The van der Waals surface area contributed by atoms with E-state index < -0.39 is 11.9 Å². The molecule has 2 heterocycles. The molecule has 6 nitrogen and oxygen atoms in total. The molecule has 1 fully saturated rings. The first-order valence-electron chi connectivity index (χ1n) is 7.47. The molecule has 0 atom stereocenters. The molecule has 2 aliphatic heterocycles. The minimum atomic E-state index is -4.73. The monoisotopic (exact) mass is 342 g/mol. The van der Waals surface area contributed by atoms with Crippen LogP contribution in [0.3, 0.4) is 0 Å². The van der Waals surface area contributed by atoms with E-state index in [4.69, 9.17) is 9.83 Å². The Morgan fingerprint density at radius 2 is 2.00 bits per heavy atom. The summed E-state index contributed by atoms with van der Waals surface area (Å²) in [4.78, 5) is 9.59. The average Bonchev–Trinajstić information content (AvgIpc) is 2.85. The van der Waals surface area contributed by atoms with Gasteiger partial charge in [-0.2, -0.15) is 0 Å². The lowest BCUT2D eigenvalue weighted by atomic mass is 9.88. The molecule has 0 radical (unpaired) electrons. The molecular weight excluding hydrogens is 325 g/mol. The second-order valence-electron chi connectivity index (χ2n) is 5.57. The molecular formula is C15H17F3N4O2. The molecule has 0 amide bonds. The van der Waals surface area contributed by atoms with Crippen molar-refractivity contribution < 1.29 is 22.7 Å². The Labute approximate surface area is 136 Å². The zero-order valence-electron chi connectivity index (χ0n) is 13.0. The summed E-state index contributed by atoms with van der Waals surface area (Å²) in [5.41, 5.74) is -0.0340. The molecule has 0 aliphatic carbocycles. The fraction of sp³-hybridized carbons (Fsp3) is 0.467. The summed E-state index contributed by atoms with van der Waals surface area (Å²) >= 11 is 0. The number of nitrogens with one attached hydrogen (secondary N) is 2. The van der Waals surface area contributed by atoms with Gasteiger partial charge in [0, 0.05) is 5.56 Å². The molecule has 1 saturated heterocycles. The lowest BCUT2D eigenvalue weighted by Gasteiger charge is -2.30. The van der Waals surface area contributed by atoms with E-state index in [-0.39, 0.29) is 5.75 Å². The number of ether oxygens (including phenoxy) is 1. The summed E-state index contributed by atoms with van der Waals surface area (Å²) in [6.07, 6.45) is -3.28. The summed E-state index contributed by atoms with van der Waals surface area (Å²) in [6.45, 7) is 1.55. The minimum absolute atomic E-state index is 0.291. The van der Waals surface area contributed by atoms with Gasteiger partial charge >= 0.3 is 6.36 Å². The lowest BCUT2D eigenvalue weighted by molar-refractivity contribution is -0.274. The van der Waals surface area contributed by atoms with Crippen molar-refractivity contribution in [3.05, 3.63) is 29.8 Å². The Morgan fingerprint density at radius 1 is 1.25 bits per heavy atom. The number of benzene rings is 1. The van der Waals surface area contributed by atoms with Crippen LogP contribution in [0.5, 0.6) is 5.75 Å². The Bertz CT molecular complexity index is 667. The first-order valence-corrected chi connectivity index (χ1v) is 7.47. The molecule has 0 aromatic heterocycles. The molecule has 0 saturated carbocycles. The molecule has 3 rings (SSSR count). The van der Waals surface area contributed by atoms with Gasteiger partial charge in [-0.1, -0.05) is 17.3 Å². The molecule has 24 heavy (non-hydrogen) atoms. The van der Waals surface area contributed by atoms with Gasteiger partial charge in [-0.3, -0.25) is 4.99 Å². The number of nitrogens with zero attached hydrogens (tertiary/aromatic N) is 2. The van der Waals surface area contributed by atoms with Crippen LogP contribution in [0.4, 0.5) is 13.2 Å².